The molecule has 0 fully saturated rings. The monoisotopic (exact) mass is 389 g/mol. The summed E-state index contributed by atoms with van der Waals surface area (Å²) in [7, 11) is 1.62. The standard InChI is InChI=1S/C22H23N5O2/c1-3-13-26-20-16(14-23-21(25-20)24-17-7-5-4-6-8-17)15-27(22(26)28)18-9-11-19(29-2)12-10-18/h4-12,14H,3,13,15H2,1-2H3,(H,23,24,25). The Labute approximate surface area is 170 Å². The quantitative estimate of drug-likeness (QED) is 0.668. The van der Waals surface area contributed by atoms with Crippen LogP contribution >= 0.6 is 0 Å². The van der Waals surface area contributed by atoms with E-state index in [0.717, 1.165) is 29.1 Å². The lowest BCUT2D eigenvalue weighted by Gasteiger charge is -2.36. The number of urea groups is 1. The zero-order chi connectivity index (χ0) is 20.2. The normalized spacial score (nSPS) is 13.2. The second-order valence-corrected chi connectivity index (χ2v) is 6.75. The molecular weight excluding hydrogens is 366 g/mol. The van der Waals surface area contributed by atoms with Crippen molar-refractivity contribution in [1.82, 2.24) is 9.97 Å². The first kappa shape index (κ1) is 18.7. The summed E-state index contributed by atoms with van der Waals surface area (Å²) >= 11 is 0. The van der Waals surface area contributed by atoms with Gasteiger partial charge in [0.1, 0.15) is 11.6 Å². The number of ether oxygens (including phenoxy) is 1. The lowest BCUT2D eigenvalue weighted by molar-refractivity contribution is 0.250. The van der Waals surface area contributed by atoms with Crippen LogP contribution in [0.5, 0.6) is 5.75 Å². The molecule has 1 N–H and O–H groups in total. The molecule has 0 unspecified atom stereocenters. The van der Waals surface area contributed by atoms with E-state index in [0.29, 0.717) is 24.9 Å². The summed E-state index contributed by atoms with van der Waals surface area (Å²) < 4.78 is 5.22. The Morgan fingerprint density at radius 1 is 1.10 bits per heavy atom. The number of nitrogens with one attached hydrogen (secondary N) is 1. The van der Waals surface area contributed by atoms with E-state index in [4.69, 9.17) is 4.74 Å². The first-order valence-corrected chi connectivity index (χ1v) is 9.60. The van der Waals surface area contributed by atoms with Gasteiger partial charge in [0.25, 0.3) is 0 Å². The molecule has 0 bridgehead atoms. The maximum Gasteiger partial charge on any atom is 0.330 e. The van der Waals surface area contributed by atoms with Crippen molar-refractivity contribution in [2.75, 3.05) is 28.8 Å². The summed E-state index contributed by atoms with van der Waals surface area (Å²) in [6.45, 7) is 3.05. The number of carbonyl (C=O) groups excluding carboxylic acids is 1. The molecule has 0 atom stereocenters. The predicted molar refractivity (Wildman–Crippen MR) is 114 cm³/mol. The van der Waals surface area contributed by atoms with Gasteiger partial charge in [-0.3, -0.25) is 9.80 Å². The van der Waals surface area contributed by atoms with Crippen molar-refractivity contribution >= 4 is 29.2 Å². The average Bonchev–Trinajstić information content (AvgIpc) is 2.76. The van der Waals surface area contributed by atoms with Gasteiger partial charge in [-0.05, 0) is 42.8 Å². The van der Waals surface area contributed by atoms with Crippen LogP contribution in [-0.2, 0) is 6.54 Å². The van der Waals surface area contributed by atoms with E-state index in [1.54, 1.807) is 23.1 Å². The fourth-order valence-corrected chi connectivity index (χ4v) is 3.32. The Morgan fingerprint density at radius 2 is 1.86 bits per heavy atom. The number of amides is 2. The second kappa shape index (κ2) is 8.18. The molecule has 2 heterocycles. The molecule has 0 saturated carbocycles. The summed E-state index contributed by atoms with van der Waals surface area (Å²) in [5, 5.41) is 3.20. The predicted octanol–water partition coefficient (Wildman–Crippen LogP) is 4.59. The molecule has 0 saturated heterocycles. The van der Waals surface area contributed by atoms with E-state index in [2.05, 4.69) is 15.3 Å². The Hall–Kier alpha value is -3.61. The van der Waals surface area contributed by atoms with Crippen molar-refractivity contribution in [3.63, 3.8) is 0 Å². The minimum atomic E-state index is -0.0890. The third kappa shape index (κ3) is 3.85. The summed E-state index contributed by atoms with van der Waals surface area (Å²) in [4.78, 5) is 25.8. The van der Waals surface area contributed by atoms with Gasteiger partial charge in [0, 0.05) is 29.7 Å². The number of fused-ring (bicyclic) bond motifs is 1. The van der Waals surface area contributed by atoms with Crippen LogP contribution in [0.4, 0.5) is 27.9 Å². The van der Waals surface area contributed by atoms with Crippen molar-refractivity contribution in [2.24, 2.45) is 0 Å². The highest BCUT2D eigenvalue weighted by atomic mass is 16.5. The van der Waals surface area contributed by atoms with E-state index in [9.17, 15) is 4.79 Å². The Kier molecular flexibility index (Phi) is 5.29. The maximum atomic E-state index is 13.2. The van der Waals surface area contributed by atoms with E-state index in [1.165, 1.54) is 0 Å². The van der Waals surface area contributed by atoms with Crippen LogP contribution in [0.2, 0.25) is 0 Å². The molecule has 7 nitrogen and oxygen atoms in total. The molecule has 148 valence electrons. The summed E-state index contributed by atoms with van der Waals surface area (Å²) in [5.41, 5.74) is 2.62. The molecule has 4 rings (SSSR count). The summed E-state index contributed by atoms with van der Waals surface area (Å²) in [5.74, 6) is 1.89. The fraction of sp³-hybridized carbons (Fsp3) is 0.227. The van der Waals surface area contributed by atoms with Crippen LogP contribution in [-0.4, -0.2) is 29.7 Å². The summed E-state index contributed by atoms with van der Waals surface area (Å²) in [6.07, 6.45) is 2.62. The number of aromatic nitrogens is 2. The van der Waals surface area contributed by atoms with Crippen molar-refractivity contribution in [3.8, 4) is 5.75 Å². The van der Waals surface area contributed by atoms with Gasteiger partial charge >= 0.3 is 6.03 Å². The van der Waals surface area contributed by atoms with Crippen LogP contribution in [0.1, 0.15) is 18.9 Å². The topological polar surface area (TPSA) is 70.6 Å². The highest BCUT2D eigenvalue weighted by Gasteiger charge is 2.32. The Balaban J connectivity index is 1.66. The van der Waals surface area contributed by atoms with Crippen LogP contribution in [0.3, 0.4) is 0 Å². The zero-order valence-corrected chi connectivity index (χ0v) is 16.5. The van der Waals surface area contributed by atoms with Gasteiger partial charge in [-0.1, -0.05) is 25.1 Å². The number of hydrogen-bond acceptors (Lipinski definition) is 5. The number of anilines is 4. The smallest absolute Gasteiger partial charge is 0.330 e. The molecular formula is C22H23N5O2. The lowest BCUT2D eigenvalue weighted by Crippen LogP contribution is -2.48. The maximum absolute atomic E-state index is 13.2. The van der Waals surface area contributed by atoms with Crippen LogP contribution in [0.25, 0.3) is 0 Å². The van der Waals surface area contributed by atoms with Crippen LogP contribution in [0.15, 0.2) is 60.8 Å². The first-order valence-electron chi connectivity index (χ1n) is 9.60. The van der Waals surface area contributed by atoms with Crippen molar-refractivity contribution in [1.29, 1.82) is 0 Å². The minimum Gasteiger partial charge on any atom is -0.497 e. The summed E-state index contributed by atoms with van der Waals surface area (Å²) in [6, 6.07) is 17.1. The second-order valence-electron chi connectivity index (χ2n) is 6.75. The molecule has 2 amide bonds. The molecule has 1 aliphatic heterocycles. The number of methoxy groups -OCH3 is 1. The highest BCUT2D eigenvalue weighted by molar-refractivity contribution is 6.05. The van der Waals surface area contributed by atoms with Gasteiger partial charge in [0.2, 0.25) is 5.95 Å². The third-order valence-electron chi connectivity index (χ3n) is 4.75. The number of benzene rings is 2. The van der Waals surface area contributed by atoms with Crippen molar-refractivity contribution < 1.29 is 9.53 Å². The average molecular weight is 389 g/mol. The molecule has 0 aliphatic carbocycles. The molecule has 0 spiro atoms. The van der Waals surface area contributed by atoms with E-state index >= 15 is 0 Å². The van der Waals surface area contributed by atoms with Gasteiger partial charge in [-0.2, -0.15) is 4.98 Å². The number of para-hydroxylation sites is 1. The van der Waals surface area contributed by atoms with Gasteiger partial charge in [0.05, 0.1) is 13.7 Å². The fourth-order valence-electron chi connectivity index (χ4n) is 3.32. The number of carbonyl (C=O) groups is 1. The SMILES string of the molecule is CCCN1C(=O)N(c2ccc(OC)cc2)Cc2cnc(Nc3ccccc3)nc21. The number of nitrogens with zero attached hydrogens (tertiary/aromatic N) is 4. The molecule has 1 aromatic heterocycles. The Bertz CT molecular complexity index is 992. The molecule has 7 heteroatoms. The largest absolute Gasteiger partial charge is 0.497 e. The van der Waals surface area contributed by atoms with E-state index < -0.39 is 0 Å². The minimum absolute atomic E-state index is 0.0890. The van der Waals surface area contributed by atoms with E-state index in [1.807, 2.05) is 61.5 Å². The number of hydrogen-bond donors (Lipinski definition) is 1. The van der Waals surface area contributed by atoms with Gasteiger partial charge in [0.15, 0.2) is 0 Å². The first-order chi connectivity index (χ1) is 14.2. The molecule has 1 aliphatic rings. The van der Waals surface area contributed by atoms with Gasteiger partial charge < -0.3 is 10.1 Å². The lowest BCUT2D eigenvalue weighted by atomic mass is 10.2. The molecule has 2 aromatic carbocycles. The van der Waals surface area contributed by atoms with Crippen molar-refractivity contribution in [3.05, 3.63) is 66.4 Å². The zero-order valence-electron chi connectivity index (χ0n) is 16.5. The van der Waals surface area contributed by atoms with Crippen LogP contribution in [0, 0.1) is 0 Å². The molecule has 3 aromatic rings. The van der Waals surface area contributed by atoms with Crippen molar-refractivity contribution in [2.45, 2.75) is 19.9 Å². The Morgan fingerprint density at radius 3 is 2.55 bits per heavy atom. The van der Waals surface area contributed by atoms with Crippen LogP contribution < -0.4 is 19.9 Å². The number of rotatable bonds is 6. The molecule has 0 radical (unpaired) electrons. The molecule has 29 heavy (non-hydrogen) atoms. The van der Waals surface area contributed by atoms with E-state index in [-0.39, 0.29) is 6.03 Å². The third-order valence-corrected chi connectivity index (χ3v) is 4.75. The van der Waals surface area contributed by atoms with Gasteiger partial charge in [-0.15, -0.1) is 0 Å². The highest BCUT2D eigenvalue weighted by Crippen LogP contribution is 2.32. The van der Waals surface area contributed by atoms with Gasteiger partial charge in [-0.25, -0.2) is 9.78 Å².